The van der Waals surface area contributed by atoms with E-state index >= 15 is 0 Å². The first-order chi connectivity index (χ1) is 22.4. The molecular weight excluding hydrogens is 627 g/mol. The van der Waals surface area contributed by atoms with Crippen molar-refractivity contribution in [2.75, 3.05) is 13.2 Å². The fourth-order valence-electron chi connectivity index (χ4n) is 5.28. The van der Waals surface area contributed by atoms with Crippen LogP contribution in [0.5, 0.6) is 5.75 Å². The number of hydrogen-bond donors (Lipinski definition) is 2. The molecule has 0 aliphatic rings. The maximum atomic E-state index is 14.8. The zero-order valence-corrected chi connectivity index (χ0v) is 27.6. The summed E-state index contributed by atoms with van der Waals surface area (Å²) in [6.07, 6.45) is 1.97. The predicted octanol–water partition coefficient (Wildman–Crippen LogP) is 3.84. The number of halogens is 1. The van der Waals surface area contributed by atoms with Crippen molar-refractivity contribution in [3.8, 4) is 10.8 Å². The summed E-state index contributed by atoms with van der Waals surface area (Å²) in [5, 5.41) is 21.6. The van der Waals surface area contributed by atoms with E-state index < -0.39 is 34.6 Å². The van der Waals surface area contributed by atoms with Crippen LogP contribution in [0.15, 0.2) is 70.5 Å². The maximum Gasteiger partial charge on any atom is 0.333 e. The van der Waals surface area contributed by atoms with E-state index in [1.54, 1.807) is 20.8 Å². The van der Waals surface area contributed by atoms with Crippen LogP contribution < -0.4 is 21.3 Å². The molecule has 5 aromatic rings. The van der Waals surface area contributed by atoms with Crippen LogP contribution in [0.4, 0.5) is 4.39 Å². The molecule has 0 fully saturated rings. The third kappa shape index (κ3) is 6.89. The highest BCUT2D eigenvalue weighted by Gasteiger charge is 2.36. The van der Waals surface area contributed by atoms with Gasteiger partial charge < -0.3 is 19.9 Å². The molecule has 1 atom stereocenters. The van der Waals surface area contributed by atoms with Crippen molar-refractivity contribution < 1.29 is 23.8 Å². The molecule has 5 rings (SSSR count). The Bertz CT molecular complexity index is 1980. The van der Waals surface area contributed by atoms with Crippen molar-refractivity contribution in [3.63, 3.8) is 0 Å². The second kappa shape index (κ2) is 14.0. The lowest BCUT2D eigenvalue weighted by Crippen LogP contribution is -2.56. The van der Waals surface area contributed by atoms with E-state index in [4.69, 9.17) is 9.47 Å². The minimum Gasteiger partial charge on any atom is -0.489 e. The summed E-state index contributed by atoms with van der Waals surface area (Å²) in [4.78, 5) is 43.7. The number of aryl methyl sites for hydroxylation is 1. The monoisotopic (exact) mass is 664 g/mol. The Balaban J connectivity index is 1.71. The minimum atomic E-state index is -1.60. The molecule has 3 aromatic heterocycles. The highest BCUT2D eigenvalue weighted by molar-refractivity contribution is 7.21. The Morgan fingerprint density at radius 1 is 1.11 bits per heavy atom. The molecule has 0 radical (unpaired) electrons. The van der Waals surface area contributed by atoms with E-state index in [-0.39, 0.29) is 37.8 Å². The number of aliphatic hydroxyl groups is 1. The van der Waals surface area contributed by atoms with Gasteiger partial charge in [0.2, 0.25) is 5.91 Å². The number of carbonyl (C=O) groups excluding carboxylic acids is 1. The standard InChI is InChI=1S/C33H37FN6O6S/c1-20(2)37-31(43)33(4,5)39-28(42)27-21(3)29(40-35-13-14-36-40)47-30(27)38(32(39)44)18-26(45-16-15-41)24-17-23(34)11-12-25(24)46-19-22-9-7-6-8-10-22/h6-14,17,20,26,41H,15-16,18-19H2,1-5H3,(H,37,43)/t26-/m0/s1. The van der Waals surface area contributed by atoms with Crippen LogP contribution in [-0.4, -0.2) is 54.4 Å². The first kappa shape index (κ1) is 33.7. The van der Waals surface area contributed by atoms with Crippen molar-refractivity contribution in [1.29, 1.82) is 0 Å². The first-order valence-electron chi connectivity index (χ1n) is 15.1. The van der Waals surface area contributed by atoms with Gasteiger partial charge in [-0.05, 0) is 58.4 Å². The number of thiophene rings is 1. The molecule has 2 N–H and O–H groups in total. The Hall–Kier alpha value is -4.66. The van der Waals surface area contributed by atoms with E-state index in [1.807, 2.05) is 30.3 Å². The number of benzene rings is 2. The summed E-state index contributed by atoms with van der Waals surface area (Å²) < 4.78 is 29.3. The van der Waals surface area contributed by atoms with Gasteiger partial charge in [0.25, 0.3) is 5.56 Å². The van der Waals surface area contributed by atoms with E-state index in [2.05, 4.69) is 15.5 Å². The number of carbonyl (C=O) groups is 1. The fourth-order valence-corrected chi connectivity index (χ4v) is 6.50. The summed E-state index contributed by atoms with van der Waals surface area (Å²) in [5.41, 5.74) is -1.32. The van der Waals surface area contributed by atoms with Gasteiger partial charge in [-0.25, -0.2) is 13.8 Å². The minimum absolute atomic E-state index is 0.134. The van der Waals surface area contributed by atoms with E-state index in [9.17, 15) is 23.9 Å². The summed E-state index contributed by atoms with van der Waals surface area (Å²) >= 11 is 1.13. The molecule has 0 aliphatic heterocycles. The van der Waals surface area contributed by atoms with Gasteiger partial charge in [-0.3, -0.25) is 14.2 Å². The van der Waals surface area contributed by atoms with Crippen molar-refractivity contribution in [1.82, 2.24) is 29.4 Å². The van der Waals surface area contributed by atoms with Gasteiger partial charge in [0.1, 0.15) is 39.6 Å². The Morgan fingerprint density at radius 3 is 2.47 bits per heavy atom. The normalized spacial score (nSPS) is 12.5. The number of amides is 1. The number of nitrogens with one attached hydrogen (secondary N) is 1. The molecule has 3 heterocycles. The summed E-state index contributed by atoms with van der Waals surface area (Å²) in [5.74, 6) is -0.761. The second-order valence-electron chi connectivity index (χ2n) is 11.8. The number of aliphatic hydroxyl groups excluding tert-OH is 1. The maximum absolute atomic E-state index is 14.8. The number of aromatic nitrogens is 5. The lowest BCUT2D eigenvalue weighted by Gasteiger charge is -2.28. The molecule has 12 nitrogen and oxygen atoms in total. The van der Waals surface area contributed by atoms with Gasteiger partial charge in [0.05, 0.1) is 37.5 Å². The van der Waals surface area contributed by atoms with E-state index in [0.29, 0.717) is 26.7 Å². The molecule has 2 aromatic carbocycles. The van der Waals surface area contributed by atoms with Crippen molar-refractivity contribution in [2.45, 2.75) is 65.5 Å². The summed E-state index contributed by atoms with van der Waals surface area (Å²) in [6.45, 7) is 7.79. The topological polar surface area (TPSA) is 142 Å². The van der Waals surface area contributed by atoms with Crippen molar-refractivity contribution in [3.05, 3.63) is 104 Å². The number of fused-ring (bicyclic) bond motifs is 1. The smallest absolute Gasteiger partial charge is 0.333 e. The number of nitrogens with zero attached hydrogens (tertiary/aromatic N) is 5. The van der Waals surface area contributed by atoms with E-state index in [1.165, 1.54) is 53.8 Å². The average molecular weight is 665 g/mol. The van der Waals surface area contributed by atoms with Gasteiger partial charge in [-0.2, -0.15) is 10.2 Å². The van der Waals surface area contributed by atoms with Crippen LogP contribution in [0, 0.1) is 12.7 Å². The van der Waals surface area contributed by atoms with Gasteiger partial charge in [-0.1, -0.05) is 41.7 Å². The lowest BCUT2D eigenvalue weighted by atomic mass is 10.0. The highest BCUT2D eigenvalue weighted by Crippen LogP contribution is 2.34. The molecule has 1 amide bonds. The molecule has 0 bridgehead atoms. The molecule has 47 heavy (non-hydrogen) atoms. The molecule has 0 spiro atoms. The quantitative estimate of drug-likeness (QED) is 0.193. The summed E-state index contributed by atoms with van der Waals surface area (Å²) in [7, 11) is 0. The zero-order chi connectivity index (χ0) is 33.9. The Morgan fingerprint density at radius 2 is 1.81 bits per heavy atom. The van der Waals surface area contributed by atoms with Gasteiger partial charge in [0.15, 0.2) is 0 Å². The number of hydrogen-bond acceptors (Lipinski definition) is 9. The van der Waals surface area contributed by atoms with Crippen LogP contribution in [0.25, 0.3) is 15.2 Å². The fraction of sp³-hybridized carbons (Fsp3) is 0.364. The van der Waals surface area contributed by atoms with Gasteiger partial charge in [-0.15, -0.1) is 4.80 Å². The molecule has 0 saturated heterocycles. The van der Waals surface area contributed by atoms with Crippen molar-refractivity contribution >= 4 is 27.5 Å². The van der Waals surface area contributed by atoms with Crippen LogP contribution in [-0.2, 0) is 28.2 Å². The predicted molar refractivity (Wildman–Crippen MR) is 176 cm³/mol. The highest BCUT2D eigenvalue weighted by atomic mass is 32.1. The molecule has 0 unspecified atom stereocenters. The molecule has 14 heteroatoms. The molecule has 248 valence electrons. The second-order valence-corrected chi connectivity index (χ2v) is 12.8. The molecule has 0 aliphatic carbocycles. The zero-order valence-electron chi connectivity index (χ0n) is 26.8. The van der Waals surface area contributed by atoms with E-state index in [0.717, 1.165) is 21.5 Å². The van der Waals surface area contributed by atoms with Crippen LogP contribution in [0.1, 0.15) is 50.5 Å². The Labute approximate surface area is 274 Å². The number of ether oxygens (including phenoxy) is 2. The van der Waals surface area contributed by atoms with Crippen LogP contribution in [0.2, 0.25) is 0 Å². The number of rotatable bonds is 13. The molecular formula is C33H37FN6O6S. The van der Waals surface area contributed by atoms with Crippen molar-refractivity contribution in [2.24, 2.45) is 0 Å². The van der Waals surface area contributed by atoms with Gasteiger partial charge in [0, 0.05) is 17.2 Å². The largest absolute Gasteiger partial charge is 0.489 e. The molecule has 0 saturated carbocycles. The Kier molecular flexibility index (Phi) is 10.0. The summed E-state index contributed by atoms with van der Waals surface area (Å²) in [6, 6.07) is 13.2. The van der Waals surface area contributed by atoms with Gasteiger partial charge >= 0.3 is 5.69 Å². The SMILES string of the molecule is Cc1c(-n2nccn2)sc2c1c(=O)n(C(C)(C)C(=O)NC(C)C)c(=O)n2C[C@H](OCCO)c1cc(F)ccc1OCc1ccccc1. The van der Waals surface area contributed by atoms with Crippen LogP contribution in [0.3, 0.4) is 0 Å². The average Bonchev–Trinajstić information content (AvgIpc) is 3.68. The van der Waals surface area contributed by atoms with Crippen LogP contribution >= 0.6 is 11.3 Å². The third-order valence-corrected chi connectivity index (χ3v) is 8.92. The lowest BCUT2D eigenvalue weighted by molar-refractivity contribution is -0.129. The third-order valence-electron chi connectivity index (χ3n) is 7.64. The first-order valence-corrected chi connectivity index (χ1v) is 15.9.